The number of aromatic nitrogens is 3. The summed E-state index contributed by atoms with van der Waals surface area (Å²) in [4.78, 5) is 53.7. The number of benzene rings is 1. The standard InChI is InChI=1S/C34H49N9O4S/c1-24(44)36-15-9-8-12-29(38-31(45)19-28-22-48-34(35)42(28)4)32(46)39-30(33(47)37-26-13-16-40(2)17-14-26)18-27-21-43(23-41(27)3)20-25-10-6-5-7-11-25/h5-7,10-11,21-23,26,29-30,35H,8-9,12-20H2,1-4H3,(H3-,36,37,38,39,44,45,46,47)/p+3/t29-,30-/m0/s1. The second-order valence-electron chi connectivity index (χ2n) is 12.9. The lowest BCUT2D eigenvalue weighted by atomic mass is 10.0. The summed E-state index contributed by atoms with van der Waals surface area (Å²) < 4.78 is 5.79. The molecule has 14 heteroatoms. The maximum atomic E-state index is 13.9. The first-order valence-electron chi connectivity index (χ1n) is 16.7. The maximum absolute atomic E-state index is 13.9. The molecular formula is C34H52N9O4S+3. The number of quaternary nitrogens is 1. The molecule has 0 radical (unpaired) electrons. The first-order chi connectivity index (χ1) is 23.0. The van der Waals surface area contributed by atoms with E-state index in [1.807, 2.05) is 47.7 Å². The Morgan fingerprint density at radius 2 is 1.79 bits per heavy atom. The van der Waals surface area contributed by atoms with Gasteiger partial charge in [0.15, 0.2) is 0 Å². The van der Waals surface area contributed by atoms with Crippen LogP contribution in [0.4, 0.5) is 5.13 Å². The summed E-state index contributed by atoms with van der Waals surface area (Å²) in [6, 6.07) is 8.45. The van der Waals surface area contributed by atoms with E-state index in [0.29, 0.717) is 37.5 Å². The van der Waals surface area contributed by atoms with Gasteiger partial charge in [-0.3, -0.25) is 24.9 Å². The first-order valence-corrected chi connectivity index (χ1v) is 17.6. The average Bonchev–Trinajstić information content (AvgIpc) is 3.56. The number of imidazole rings is 1. The van der Waals surface area contributed by atoms with Crippen LogP contribution in [-0.4, -0.2) is 73.0 Å². The molecule has 1 aromatic carbocycles. The lowest BCUT2D eigenvalue weighted by molar-refractivity contribution is -0.884. The summed E-state index contributed by atoms with van der Waals surface area (Å²) in [5.74, 6) is -1.09. The molecule has 1 aliphatic heterocycles. The molecule has 0 spiro atoms. The van der Waals surface area contributed by atoms with E-state index >= 15 is 0 Å². The topological polar surface area (TPSA) is 160 Å². The number of nitrogens with one attached hydrogen (secondary N) is 5. The van der Waals surface area contributed by atoms with Crippen LogP contribution < -0.4 is 41.0 Å². The third-order valence-corrected chi connectivity index (χ3v) is 9.80. The van der Waals surface area contributed by atoms with Crippen LogP contribution in [0.1, 0.15) is 56.0 Å². The van der Waals surface area contributed by atoms with Gasteiger partial charge >= 0.3 is 5.13 Å². The van der Waals surface area contributed by atoms with Crippen molar-refractivity contribution in [1.29, 1.82) is 0 Å². The van der Waals surface area contributed by atoms with Crippen LogP contribution >= 0.6 is 11.3 Å². The summed E-state index contributed by atoms with van der Waals surface area (Å²) in [5.41, 5.74) is 8.75. The number of thiazole rings is 1. The van der Waals surface area contributed by atoms with Crippen molar-refractivity contribution in [2.45, 2.75) is 76.5 Å². The van der Waals surface area contributed by atoms with Crippen molar-refractivity contribution in [3.63, 3.8) is 0 Å². The van der Waals surface area contributed by atoms with Gasteiger partial charge in [0.2, 0.25) is 30.0 Å². The second-order valence-corrected chi connectivity index (χ2v) is 13.8. The molecule has 260 valence electrons. The van der Waals surface area contributed by atoms with E-state index in [1.54, 1.807) is 11.6 Å². The van der Waals surface area contributed by atoms with Gasteiger partial charge in [-0.05, 0) is 24.8 Å². The number of hydrogen-bond donors (Lipinski definition) is 6. The molecule has 2 aromatic heterocycles. The molecule has 4 rings (SSSR count). The Kier molecular flexibility index (Phi) is 13.5. The molecule has 1 saturated heterocycles. The van der Waals surface area contributed by atoms with Gasteiger partial charge in [0.05, 0.1) is 40.7 Å². The fraction of sp³-hybridized carbons (Fsp3) is 0.529. The van der Waals surface area contributed by atoms with E-state index in [9.17, 15) is 19.2 Å². The largest absolute Gasteiger partial charge is 0.356 e. The monoisotopic (exact) mass is 682 g/mol. The molecule has 0 saturated carbocycles. The maximum Gasteiger partial charge on any atom is 0.331 e. The van der Waals surface area contributed by atoms with Crippen molar-refractivity contribution in [1.82, 2.24) is 25.8 Å². The number of nitrogens with zero attached hydrogens (tertiary/aromatic N) is 3. The van der Waals surface area contributed by atoms with Crippen LogP contribution in [0.15, 0.2) is 48.2 Å². The molecule has 2 atom stereocenters. The Morgan fingerprint density at radius 1 is 1.06 bits per heavy atom. The van der Waals surface area contributed by atoms with Crippen molar-refractivity contribution in [3.8, 4) is 0 Å². The fourth-order valence-electron chi connectivity index (χ4n) is 5.94. The van der Waals surface area contributed by atoms with E-state index in [1.165, 1.54) is 23.2 Å². The Morgan fingerprint density at radius 3 is 2.46 bits per heavy atom. The molecule has 3 heterocycles. The summed E-state index contributed by atoms with van der Waals surface area (Å²) >= 11 is 1.35. The molecular weight excluding hydrogens is 631 g/mol. The molecule has 48 heavy (non-hydrogen) atoms. The third-order valence-electron chi connectivity index (χ3n) is 8.89. The Bertz CT molecular complexity index is 1530. The van der Waals surface area contributed by atoms with Gasteiger partial charge in [0.25, 0.3) is 0 Å². The molecule has 7 N–H and O–H groups in total. The highest BCUT2D eigenvalue weighted by atomic mass is 32.1. The number of rotatable bonds is 16. The lowest BCUT2D eigenvalue weighted by Crippen LogP contribution is -3.10. The second kappa shape index (κ2) is 17.7. The van der Waals surface area contributed by atoms with E-state index in [2.05, 4.69) is 45.0 Å². The predicted octanol–water partition coefficient (Wildman–Crippen LogP) is -1.32. The highest BCUT2D eigenvalue weighted by molar-refractivity contribution is 7.13. The van der Waals surface area contributed by atoms with Crippen LogP contribution in [-0.2, 0) is 52.7 Å². The Labute approximate surface area is 286 Å². The number of unbranched alkanes of at least 4 members (excludes halogenated alkanes) is 1. The SMILES string of the molecule is CC(=O)NCCCC[C@H](NC(=O)Cc1csc(N)[n+]1C)C(=O)N[C@@H](Cc1c[n+](Cc2ccccc2)cn1C)C(=O)NC1CC[NH+](C)CC1. The number of nitrogens with two attached hydrogens (primary N) is 1. The quantitative estimate of drug-likeness (QED) is 0.0817. The van der Waals surface area contributed by atoms with Crippen molar-refractivity contribution in [2.24, 2.45) is 14.1 Å². The minimum Gasteiger partial charge on any atom is -0.356 e. The predicted molar refractivity (Wildman–Crippen MR) is 183 cm³/mol. The number of likely N-dealkylation sites (tertiary alicyclic amines) is 1. The van der Waals surface area contributed by atoms with E-state index < -0.39 is 18.0 Å². The molecule has 4 amide bonds. The van der Waals surface area contributed by atoms with Gasteiger partial charge in [0.1, 0.15) is 36.2 Å². The van der Waals surface area contributed by atoms with Gasteiger partial charge in [-0.25, -0.2) is 13.7 Å². The number of carbonyl (C=O) groups excluding carboxylic acids is 4. The highest BCUT2D eigenvalue weighted by Crippen LogP contribution is 2.11. The zero-order valence-electron chi connectivity index (χ0n) is 28.6. The molecule has 3 aromatic rings. The summed E-state index contributed by atoms with van der Waals surface area (Å²) in [6.07, 6.45) is 7.65. The molecule has 1 aliphatic rings. The number of aryl methyl sites for hydroxylation is 1. The summed E-state index contributed by atoms with van der Waals surface area (Å²) in [6.45, 7) is 4.55. The van der Waals surface area contributed by atoms with Gasteiger partial charge in [0, 0.05) is 44.2 Å². The smallest absolute Gasteiger partial charge is 0.331 e. The zero-order valence-corrected chi connectivity index (χ0v) is 29.4. The number of anilines is 1. The van der Waals surface area contributed by atoms with Gasteiger partial charge in [-0.15, -0.1) is 0 Å². The first kappa shape index (κ1) is 36.5. The molecule has 0 unspecified atom stereocenters. The van der Waals surface area contributed by atoms with Crippen LogP contribution in [0.3, 0.4) is 0 Å². The van der Waals surface area contributed by atoms with Crippen LogP contribution in [0.2, 0.25) is 0 Å². The fourth-order valence-corrected chi connectivity index (χ4v) is 6.72. The van der Waals surface area contributed by atoms with Crippen LogP contribution in [0, 0.1) is 0 Å². The van der Waals surface area contributed by atoms with Crippen molar-refractivity contribution in [3.05, 3.63) is 65.2 Å². The van der Waals surface area contributed by atoms with Crippen LogP contribution in [0.25, 0.3) is 0 Å². The van der Waals surface area contributed by atoms with Gasteiger partial charge in [-0.2, -0.15) is 0 Å². The lowest BCUT2D eigenvalue weighted by Gasteiger charge is -2.29. The number of carbonyl (C=O) groups is 4. The minimum atomic E-state index is -0.866. The normalized spacial score (nSPS) is 17.2. The molecule has 0 aliphatic carbocycles. The van der Waals surface area contributed by atoms with Crippen molar-refractivity contribution >= 4 is 40.1 Å². The summed E-state index contributed by atoms with van der Waals surface area (Å²) in [7, 11) is 5.88. The molecule has 0 bridgehead atoms. The number of nitrogen functional groups attached to an aromatic ring is 1. The summed E-state index contributed by atoms with van der Waals surface area (Å²) in [5, 5.41) is 14.3. The number of amides is 4. The van der Waals surface area contributed by atoms with Crippen molar-refractivity contribution < 1.29 is 33.2 Å². The van der Waals surface area contributed by atoms with Crippen LogP contribution in [0.5, 0.6) is 0 Å². The van der Waals surface area contributed by atoms with E-state index in [0.717, 1.165) is 42.9 Å². The zero-order chi connectivity index (χ0) is 34.6. The van der Waals surface area contributed by atoms with E-state index in [4.69, 9.17) is 5.73 Å². The minimum absolute atomic E-state index is 0.0418. The Hall–Kier alpha value is -4.30. The highest BCUT2D eigenvalue weighted by Gasteiger charge is 2.31. The molecule has 1 fully saturated rings. The van der Waals surface area contributed by atoms with Gasteiger partial charge in [-0.1, -0.05) is 41.7 Å². The van der Waals surface area contributed by atoms with E-state index in [-0.39, 0.29) is 36.6 Å². The third kappa shape index (κ3) is 11.2. The van der Waals surface area contributed by atoms with Gasteiger partial charge < -0.3 is 26.2 Å². The number of piperidine rings is 1. The average molecular weight is 683 g/mol. The molecule has 13 nitrogen and oxygen atoms in total. The Balaban J connectivity index is 1.50. The van der Waals surface area contributed by atoms with Crippen molar-refractivity contribution in [2.75, 3.05) is 32.4 Å². The number of hydrogen-bond acceptors (Lipinski definition) is 6.